The lowest BCUT2D eigenvalue weighted by Gasteiger charge is -2.18. The smallest absolute Gasteiger partial charge is 0.212 e. The van der Waals surface area contributed by atoms with Crippen LogP contribution in [-0.4, -0.2) is 19.1 Å². The topological polar surface area (TPSA) is 39.5 Å². The first-order valence-electron chi connectivity index (χ1n) is 27.7. The molecule has 0 atom stereocenters. The first kappa shape index (κ1) is 46.4. The van der Waals surface area contributed by atoms with E-state index in [1.54, 1.807) is 0 Å². The summed E-state index contributed by atoms with van der Waals surface area (Å²) in [4.78, 5) is 10.4. The molecule has 0 unspecified atom stereocenters. The third-order valence-electron chi connectivity index (χ3n) is 16.6. The molecule has 0 aliphatic heterocycles. The summed E-state index contributed by atoms with van der Waals surface area (Å²) in [7, 11) is 2.12. The molecule has 0 spiro atoms. The van der Waals surface area contributed by atoms with Crippen LogP contribution in [0.15, 0.2) is 285 Å². The van der Waals surface area contributed by atoms with E-state index in [0.717, 1.165) is 67.3 Å². The van der Waals surface area contributed by atoms with Crippen LogP contribution in [0.5, 0.6) is 0 Å². The van der Waals surface area contributed by atoms with Crippen molar-refractivity contribution >= 4 is 75.9 Å². The van der Waals surface area contributed by atoms with E-state index < -0.39 is 0 Å². The van der Waals surface area contributed by atoms with Crippen molar-refractivity contribution in [2.75, 3.05) is 0 Å². The van der Waals surface area contributed by atoms with Gasteiger partial charge in [-0.2, -0.15) is 4.57 Å². The number of hydrogen-bond donors (Lipinski definition) is 0. The average molecular weight is 1030 g/mol. The number of para-hydroxylation sites is 3. The normalized spacial score (nSPS) is 11.8. The zero-order chi connectivity index (χ0) is 53.5. The molecule has 0 fully saturated rings. The molecule has 0 aliphatic rings. The Balaban J connectivity index is 0.720. The number of pyridine rings is 1. The Morgan fingerprint density at radius 3 is 1.27 bits per heavy atom. The van der Waals surface area contributed by atoms with E-state index >= 15 is 0 Å². The summed E-state index contributed by atoms with van der Waals surface area (Å²) in [6.45, 7) is 0. The highest BCUT2D eigenvalue weighted by Gasteiger charge is 2.22. The third-order valence-corrected chi connectivity index (χ3v) is 16.6. The molecule has 81 heavy (non-hydrogen) atoms. The summed E-state index contributed by atoms with van der Waals surface area (Å²) in [6.07, 6.45) is 4.36. The molecule has 378 valence electrons. The number of rotatable bonds is 8. The summed E-state index contributed by atoms with van der Waals surface area (Å²) in [5.41, 5.74) is 18.0. The minimum absolute atomic E-state index is 0.922. The first-order valence-corrected chi connectivity index (χ1v) is 27.7. The highest BCUT2D eigenvalue weighted by molar-refractivity contribution is 6.23. The Morgan fingerprint density at radius 2 is 0.716 bits per heavy atom. The van der Waals surface area contributed by atoms with Crippen LogP contribution in [-0.2, 0) is 7.05 Å². The molecule has 0 radical (unpaired) electrons. The molecule has 0 aliphatic carbocycles. The van der Waals surface area contributed by atoms with Gasteiger partial charge in [-0.3, -0.25) is 4.57 Å². The summed E-state index contributed by atoms with van der Waals surface area (Å²) in [6, 6.07) is 98.9. The molecule has 5 heteroatoms. The number of aromatic nitrogens is 5. The highest BCUT2D eigenvalue weighted by atomic mass is 15.1. The van der Waals surface area contributed by atoms with Crippen molar-refractivity contribution in [2.24, 2.45) is 7.05 Å². The van der Waals surface area contributed by atoms with Gasteiger partial charge in [-0.25, -0.2) is 9.97 Å². The fourth-order valence-corrected chi connectivity index (χ4v) is 12.8. The molecule has 16 rings (SSSR count). The molecular weight excluding hydrogens is 983 g/mol. The molecule has 0 saturated carbocycles. The molecular formula is C76H50N5+. The minimum Gasteiger partial charge on any atom is -0.327 e. The van der Waals surface area contributed by atoms with Crippen molar-refractivity contribution < 1.29 is 4.57 Å². The highest BCUT2D eigenvalue weighted by Crippen LogP contribution is 2.46. The van der Waals surface area contributed by atoms with Crippen molar-refractivity contribution in [2.45, 2.75) is 0 Å². The SMILES string of the molecule is Cn1c(-c2ccc(-c3c4ccccc4c(-c4ccc5ccccc5c4)c4ccccc34)cc2)nc2cc(-[n+]3ccc(-c4c5ccccc5c(-c5ccc(-c6nc7ccccc7n6-c6ccccc6)cc5)c5ccccc45)cc3)ccc21. The van der Waals surface area contributed by atoms with Gasteiger partial charge in [0.25, 0.3) is 0 Å². The van der Waals surface area contributed by atoms with Crippen molar-refractivity contribution in [3.05, 3.63) is 285 Å². The maximum Gasteiger partial charge on any atom is 0.212 e. The maximum atomic E-state index is 5.30. The Bertz CT molecular complexity index is 5030. The van der Waals surface area contributed by atoms with E-state index in [0.29, 0.717) is 0 Å². The Labute approximate surface area is 468 Å². The van der Waals surface area contributed by atoms with Gasteiger partial charge < -0.3 is 4.57 Å². The summed E-state index contributed by atoms with van der Waals surface area (Å²) >= 11 is 0. The van der Waals surface area contributed by atoms with Crippen LogP contribution >= 0.6 is 0 Å². The minimum atomic E-state index is 0.922. The monoisotopic (exact) mass is 1030 g/mol. The largest absolute Gasteiger partial charge is 0.327 e. The molecule has 3 aromatic heterocycles. The predicted octanol–water partition coefficient (Wildman–Crippen LogP) is 19.0. The van der Waals surface area contributed by atoms with Gasteiger partial charge in [0.2, 0.25) is 5.69 Å². The number of fused-ring (bicyclic) bond motifs is 7. The van der Waals surface area contributed by atoms with Gasteiger partial charge in [-0.1, -0.05) is 212 Å². The van der Waals surface area contributed by atoms with Gasteiger partial charge in [0.15, 0.2) is 12.4 Å². The van der Waals surface area contributed by atoms with E-state index in [4.69, 9.17) is 9.97 Å². The van der Waals surface area contributed by atoms with E-state index in [1.807, 2.05) is 0 Å². The van der Waals surface area contributed by atoms with E-state index in [1.165, 1.54) is 87.2 Å². The number of imidazole rings is 2. The lowest BCUT2D eigenvalue weighted by atomic mass is 9.85. The first-order chi connectivity index (χ1) is 40.1. The maximum absolute atomic E-state index is 5.30. The quantitative estimate of drug-likeness (QED) is 0.112. The fourth-order valence-electron chi connectivity index (χ4n) is 12.8. The van der Waals surface area contributed by atoms with Gasteiger partial charge >= 0.3 is 0 Å². The van der Waals surface area contributed by atoms with E-state index in [-0.39, 0.29) is 0 Å². The van der Waals surface area contributed by atoms with Crippen LogP contribution in [0.2, 0.25) is 0 Å². The Morgan fingerprint density at radius 1 is 0.296 bits per heavy atom. The second-order valence-corrected chi connectivity index (χ2v) is 21.2. The Kier molecular flexibility index (Phi) is 10.7. The van der Waals surface area contributed by atoms with Gasteiger partial charge in [0.1, 0.15) is 11.6 Å². The zero-order valence-corrected chi connectivity index (χ0v) is 44.4. The van der Waals surface area contributed by atoms with Gasteiger partial charge in [-0.05, 0) is 135 Å². The van der Waals surface area contributed by atoms with Crippen LogP contribution in [0.4, 0.5) is 0 Å². The lowest BCUT2D eigenvalue weighted by Crippen LogP contribution is -2.29. The van der Waals surface area contributed by atoms with Crippen LogP contribution in [0.3, 0.4) is 0 Å². The fraction of sp³-hybridized carbons (Fsp3) is 0.0132. The molecule has 0 amide bonds. The Hall–Kier alpha value is -10.8. The average Bonchev–Trinajstić information content (AvgIpc) is 4.30. The van der Waals surface area contributed by atoms with Gasteiger partial charge in [-0.15, -0.1) is 0 Å². The third kappa shape index (κ3) is 7.58. The zero-order valence-electron chi connectivity index (χ0n) is 44.4. The number of aryl methyl sites for hydroxylation is 1. The standard InChI is InChI=1S/C76H50N5/c1-79-69-42-41-58(48-68(69)78-75(79)53-36-32-50(33-37-53)72-63-25-11-13-27-65(63)74(66-28-14-12-26-64(66)72)56-40-31-49-17-5-6-18-55(49)47-56)80-45-43-52(44-46-80)73-61-23-9-7-21-59(61)71(60-22-8-10-24-62(60)73)51-34-38-54(39-35-51)76-77-67-29-15-16-30-70(67)81(76)57-19-3-2-4-20-57/h2-48H,1H3/q+1. The van der Waals surface area contributed by atoms with Crippen molar-refractivity contribution in [3.63, 3.8) is 0 Å². The molecule has 0 saturated heterocycles. The molecule has 3 heterocycles. The van der Waals surface area contributed by atoms with Gasteiger partial charge in [0, 0.05) is 48.1 Å². The predicted molar refractivity (Wildman–Crippen MR) is 337 cm³/mol. The molecule has 0 N–H and O–H groups in total. The molecule has 16 aromatic rings. The number of hydrogen-bond acceptors (Lipinski definition) is 2. The van der Waals surface area contributed by atoms with Crippen molar-refractivity contribution in [1.29, 1.82) is 0 Å². The lowest BCUT2D eigenvalue weighted by molar-refractivity contribution is -0.595. The number of benzene rings is 13. The van der Waals surface area contributed by atoms with Gasteiger partial charge in [0.05, 0.1) is 22.1 Å². The van der Waals surface area contributed by atoms with Crippen LogP contribution in [0.25, 0.3) is 155 Å². The van der Waals surface area contributed by atoms with E-state index in [9.17, 15) is 0 Å². The molecule has 13 aromatic carbocycles. The summed E-state index contributed by atoms with van der Waals surface area (Å²) < 4.78 is 6.66. The van der Waals surface area contributed by atoms with Crippen molar-refractivity contribution in [1.82, 2.24) is 19.1 Å². The van der Waals surface area contributed by atoms with Crippen molar-refractivity contribution in [3.8, 4) is 78.7 Å². The molecule has 0 bridgehead atoms. The second-order valence-electron chi connectivity index (χ2n) is 21.2. The number of nitrogens with zero attached hydrogens (tertiary/aromatic N) is 5. The summed E-state index contributed by atoms with van der Waals surface area (Å²) in [5, 5.41) is 12.3. The van der Waals surface area contributed by atoms with Crippen LogP contribution in [0.1, 0.15) is 0 Å². The second kappa shape index (κ2) is 18.7. The summed E-state index contributed by atoms with van der Waals surface area (Å²) in [5.74, 6) is 1.85. The van der Waals surface area contributed by atoms with Crippen LogP contribution in [0, 0.1) is 0 Å². The van der Waals surface area contributed by atoms with Crippen LogP contribution < -0.4 is 4.57 Å². The molecule has 5 nitrogen and oxygen atoms in total. The van der Waals surface area contributed by atoms with E-state index in [2.05, 4.69) is 306 Å².